The maximum atomic E-state index is 8.52. The van der Waals surface area contributed by atoms with Crippen LogP contribution >= 0.6 is 0 Å². The Bertz CT molecular complexity index is 209. The normalized spacial score (nSPS) is 9.38. The van der Waals surface area contributed by atoms with E-state index in [4.69, 9.17) is 45.6 Å². The predicted molar refractivity (Wildman–Crippen MR) is 26.2 cm³/mol. The molecule has 13 heavy (non-hydrogen) atoms. The first-order valence-corrected chi connectivity index (χ1v) is 4.20. The summed E-state index contributed by atoms with van der Waals surface area (Å²) in [4.78, 5) is 0. The molecule has 2 N–H and O–H groups in total. The fourth-order valence-corrected chi connectivity index (χ4v) is 0. The van der Waals surface area contributed by atoms with Gasteiger partial charge in [0.15, 0.2) is 0 Å². The van der Waals surface area contributed by atoms with Crippen molar-refractivity contribution in [3.05, 3.63) is 0 Å². The van der Waals surface area contributed by atoms with E-state index in [0.29, 0.717) is 0 Å². The van der Waals surface area contributed by atoms with Crippen LogP contribution < -0.4 is 0 Å². The molecule has 0 aromatic carbocycles. The van der Waals surface area contributed by atoms with E-state index in [1.54, 1.807) is 0 Å². The van der Waals surface area contributed by atoms with Gasteiger partial charge in [0.2, 0.25) is 0 Å². The minimum atomic E-state index is -5.17. The molecule has 0 radical (unpaired) electrons. The van der Waals surface area contributed by atoms with Crippen LogP contribution in [-0.4, -0.2) is 45.6 Å². The Morgan fingerprint density at radius 2 is 0.692 bits per heavy atom. The van der Waals surface area contributed by atoms with Crippen LogP contribution in [0.25, 0.3) is 0 Å². The van der Waals surface area contributed by atoms with Crippen molar-refractivity contribution in [3.63, 3.8) is 0 Å². The second-order valence-corrected chi connectivity index (χ2v) is 2.45. The van der Waals surface area contributed by atoms with Crippen molar-refractivity contribution >= 4 is 20.8 Å². The van der Waals surface area contributed by atoms with Gasteiger partial charge in [-0.05, 0) is 0 Å². The minimum Gasteiger partial charge on any atom is -0.759 e. The predicted octanol–water partition coefficient (Wildman–Crippen LogP) is -2.66. The van der Waals surface area contributed by atoms with Crippen molar-refractivity contribution in [3.8, 4) is 0 Å². The van der Waals surface area contributed by atoms with Gasteiger partial charge in [-0.1, -0.05) is 0 Å². The van der Waals surface area contributed by atoms with Crippen LogP contribution in [0.15, 0.2) is 0 Å². The van der Waals surface area contributed by atoms with Crippen molar-refractivity contribution in [2.24, 2.45) is 0 Å². The molecule has 0 heterocycles. The second kappa shape index (κ2) is 10.4. The molecule has 0 atom stereocenters. The largest absolute Gasteiger partial charge is 0.759 e. The Labute approximate surface area is 87.6 Å². The second-order valence-electron chi connectivity index (χ2n) is 0.816. The molecule has 0 aliphatic carbocycles. The zero-order valence-electron chi connectivity index (χ0n) is 5.39. The standard InChI is InChI=1S/2H2O4S.H2O2.W/c2*1-5(2,3)4;1-2;/h2*(H2,1,2,3,4);1-2H;/p-4. The molecule has 0 fully saturated rings. The van der Waals surface area contributed by atoms with Gasteiger partial charge < -0.3 is 18.2 Å². The van der Waals surface area contributed by atoms with Gasteiger partial charge >= 0.3 is 0 Å². The Morgan fingerprint density at radius 3 is 0.692 bits per heavy atom. The van der Waals surface area contributed by atoms with Crippen LogP contribution in [0.1, 0.15) is 0 Å². The first-order chi connectivity index (χ1) is 5.00. The third-order valence-electron chi connectivity index (χ3n) is 0. The molecule has 0 aromatic heterocycles. The zero-order valence-corrected chi connectivity index (χ0v) is 9.95. The summed E-state index contributed by atoms with van der Waals surface area (Å²) in [6.07, 6.45) is 0. The number of rotatable bonds is 0. The van der Waals surface area contributed by atoms with Gasteiger partial charge in [-0.15, -0.1) is 0 Å². The van der Waals surface area contributed by atoms with Gasteiger partial charge in [0, 0.05) is 41.9 Å². The number of hydrogen-bond donors (Lipinski definition) is 2. The maximum Gasteiger partial charge on any atom is 0.0311 e. The van der Waals surface area contributed by atoms with Gasteiger partial charge in [0.05, 0.1) is 0 Å². The first kappa shape index (κ1) is 23.3. The molecule has 0 aliphatic heterocycles. The molecule has 0 rings (SSSR count). The Morgan fingerprint density at radius 1 is 0.692 bits per heavy atom. The molecule has 0 bridgehead atoms. The molecular formula is H2O10S2W-4. The molecule has 0 saturated heterocycles. The van der Waals surface area contributed by atoms with Gasteiger partial charge in [-0.3, -0.25) is 27.4 Å². The van der Waals surface area contributed by atoms with Crippen LogP contribution in [0, 0.1) is 0 Å². The molecule has 0 unspecified atom stereocenters. The van der Waals surface area contributed by atoms with E-state index in [0.717, 1.165) is 0 Å². The molecular weight excluding hydrogens is 408 g/mol. The van der Waals surface area contributed by atoms with Gasteiger partial charge in [-0.2, -0.15) is 0 Å². The first-order valence-electron chi connectivity index (χ1n) is 1.53. The van der Waals surface area contributed by atoms with Gasteiger partial charge in [-0.25, -0.2) is 0 Å². The third-order valence-corrected chi connectivity index (χ3v) is 0. The van der Waals surface area contributed by atoms with Crippen molar-refractivity contribution in [1.29, 1.82) is 0 Å². The summed E-state index contributed by atoms with van der Waals surface area (Å²) in [6, 6.07) is 0. The summed E-state index contributed by atoms with van der Waals surface area (Å²) >= 11 is 0. The molecule has 13 heteroatoms. The molecule has 10 nitrogen and oxygen atoms in total. The van der Waals surface area contributed by atoms with Crippen LogP contribution in [0.2, 0.25) is 0 Å². The van der Waals surface area contributed by atoms with Gasteiger partial charge in [0.25, 0.3) is 0 Å². The van der Waals surface area contributed by atoms with Crippen molar-refractivity contribution in [2.45, 2.75) is 0 Å². The van der Waals surface area contributed by atoms with Crippen LogP contribution in [0.3, 0.4) is 0 Å². The molecule has 0 spiro atoms. The average molecular weight is 410 g/mol. The maximum absolute atomic E-state index is 8.52. The van der Waals surface area contributed by atoms with E-state index in [2.05, 4.69) is 0 Å². The smallest absolute Gasteiger partial charge is 0.0311 e. The average Bonchev–Trinajstić information content (AvgIpc) is 1.59. The molecule has 0 saturated carbocycles. The molecule has 0 aliphatic rings. The Balaban J connectivity index is -0.0000000491. The zero-order chi connectivity index (χ0) is 11.0. The molecule has 0 amide bonds. The fourth-order valence-electron chi connectivity index (χ4n) is 0. The monoisotopic (exact) mass is 410 g/mol. The minimum absolute atomic E-state index is 0. The summed E-state index contributed by atoms with van der Waals surface area (Å²) in [5, 5.41) is 12.0. The number of hydrogen-bond acceptors (Lipinski definition) is 10. The summed E-state index contributed by atoms with van der Waals surface area (Å²) < 4.78 is 68.2. The van der Waals surface area contributed by atoms with E-state index in [-0.39, 0.29) is 21.1 Å². The fraction of sp³-hybridized carbons (Fsp3) is 0. The topological polar surface area (TPSA) is 201 Å². The van der Waals surface area contributed by atoms with Crippen molar-refractivity contribution in [2.75, 3.05) is 0 Å². The van der Waals surface area contributed by atoms with Gasteiger partial charge in [0.1, 0.15) is 0 Å². The van der Waals surface area contributed by atoms with Crippen LogP contribution in [-0.2, 0) is 41.9 Å². The van der Waals surface area contributed by atoms with Crippen LogP contribution in [0.4, 0.5) is 0 Å². The summed E-state index contributed by atoms with van der Waals surface area (Å²) in [6.45, 7) is 0. The quantitative estimate of drug-likeness (QED) is 0.184. The summed E-state index contributed by atoms with van der Waals surface area (Å²) in [7, 11) is -10.3. The Hall–Kier alpha value is 0.348. The van der Waals surface area contributed by atoms with E-state index in [1.165, 1.54) is 0 Å². The summed E-state index contributed by atoms with van der Waals surface area (Å²) in [5.41, 5.74) is 0. The van der Waals surface area contributed by atoms with E-state index < -0.39 is 20.8 Å². The molecule has 84 valence electrons. The van der Waals surface area contributed by atoms with E-state index >= 15 is 0 Å². The molecule has 0 aromatic rings. The SMILES string of the molecule is O=S(=O)([O-])[O-].O=S(=O)([O-])[O-].OO.[W]. The third kappa shape index (κ3) is 10900. The van der Waals surface area contributed by atoms with Crippen LogP contribution in [0.5, 0.6) is 0 Å². The van der Waals surface area contributed by atoms with E-state index in [9.17, 15) is 0 Å². The summed E-state index contributed by atoms with van der Waals surface area (Å²) in [5.74, 6) is 0. The Kier molecular flexibility index (Phi) is 18.7. The van der Waals surface area contributed by atoms with E-state index in [1.807, 2.05) is 0 Å². The van der Waals surface area contributed by atoms with Crippen molar-refractivity contribution in [1.82, 2.24) is 0 Å². The van der Waals surface area contributed by atoms with Crippen molar-refractivity contribution < 1.29 is 66.6 Å².